The van der Waals surface area contributed by atoms with Crippen LogP contribution in [0.2, 0.25) is 10.0 Å². The van der Waals surface area contributed by atoms with Crippen molar-refractivity contribution in [2.24, 2.45) is 0 Å². The van der Waals surface area contributed by atoms with Crippen molar-refractivity contribution in [2.45, 2.75) is 0 Å². The van der Waals surface area contributed by atoms with Gasteiger partial charge in [0, 0.05) is 15.6 Å². The van der Waals surface area contributed by atoms with Crippen LogP contribution in [0.5, 0.6) is 5.75 Å². The number of hydrogen-bond acceptors (Lipinski definition) is 3. The van der Waals surface area contributed by atoms with E-state index in [1.165, 1.54) is 48.5 Å². The summed E-state index contributed by atoms with van der Waals surface area (Å²) >= 11 is 11.9. The molecule has 0 aromatic heterocycles. The highest BCUT2D eigenvalue weighted by molar-refractivity contribution is 6.35. The van der Waals surface area contributed by atoms with Gasteiger partial charge in [0.05, 0.1) is 5.56 Å². The van der Waals surface area contributed by atoms with Crippen LogP contribution in [0.25, 0.3) is 6.08 Å². The Morgan fingerprint density at radius 2 is 1.64 bits per heavy atom. The van der Waals surface area contributed by atoms with Crippen LogP contribution < -0.4 is 4.74 Å². The molecule has 3 aromatic rings. The molecule has 0 heterocycles. The number of benzene rings is 3. The molecule has 0 saturated heterocycles. The van der Waals surface area contributed by atoms with E-state index in [1.807, 2.05) is 0 Å². The molecule has 28 heavy (non-hydrogen) atoms. The molecule has 0 spiro atoms. The Balaban J connectivity index is 1.68. The summed E-state index contributed by atoms with van der Waals surface area (Å²) in [5, 5.41) is 0.945. The van der Waals surface area contributed by atoms with Gasteiger partial charge in [-0.25, -0.2) is 9.18 Å². The molecule has 0 amide bonds. The zero-order chi connectivity index (χ0) is 20.1. The molecule has 0 aliphatic heterocycles. The molecule has 0 aliphatic rings. The van der Waals surface area contributed by atoms with Crippen LogP contribution in [0.3, 0.4) is 0 Å². The summed E-state index contributed by atoms with van der Waals surface area (Å²) in [5.41, 5.74) is 0.896. The summed E-state index contributed by atoms with van der Waals surface area (Å²) in [6.07, 6.45) is 2.97. The zero-order valence-corrected chi connectivity index (χ0v) is 15.9. The average molecular weight is 415 g/mol. The molecule has 0 saturated carbocycles. The number of esters is 1. The van der Waals surface area contributed by atoms with Crippen molar-refractivity contribution in [3.63, 3.8) is 0 Å². The lowest BCUT2D eigenvalue weighted by Crippen LogP contribution is -2.10. The Labute approximate surface area is 171 Å². The summed E-state index contributed by atoms with van der Waals surface area (Å²) in [4.78, 5) is 24.3. The average Bonchev–Trinajstić information content (AvgIpc) is 2.68. The predicted octanol–water partition coefficient (Wildman–Crippen LogP) is 6.25. The standard InChI is InChI=1S/C22H13Cl2FO3/c23-16-9-5-14(19(24)13-16)8-12-21(26)15-6-10-17(11-7-15)28-22(27)18-3-1-2-4-20(18)25/h1-13H. The highest BCUT2D eigenvalue weighted by Gasteiger charge is 2.13. The van der Waals surface area contributed by atoms with Gasteiger partial charge in [-0.1, -0.05) is 41.4 Å². The second kappa shape index (κ2) is 8.83. The SMILES string of the molecule is O=C(C=Cc1ccc(Cl)cc1Cl)c1ccc(OC(=O)c2ccccc2F)cc1. The van der Waals surface area contributed by atoms with Crippen molar-refractivity contribution in [3.05, 3.63) is 105 Å². The fourth-order valence-electron chi connectivity index (χ4n) is 2.37. The Morgan fingerprint density at radius 3 is 2.32 bits per heavy atom. The number of ketones is 1. The molecular formula is C22H13Cl2FO3. The third kappa shape index (κ3) is 4.85. The minimum atomic E-state index is -0.811. The number of halogens is 3. The Bertz CT molecular complexity index is 1060. The van der Waals surface area contributed by atoms with E-state index in [2.05, 4.69) is 0 Å². The number of rotatable bonds is 5. The Hall–Kier alpha value is -2.95. The van der Waals surface area contributed by atoms with E-state index in [1.54, 1.807) is 30.3 Å². The number of ether oxygens (including phenoxy) is 1. The zero-order valence-electron chi connectivity index (χ0n) is 14.4. The van der Waals surface area contributed by atoms with Crippen LogP contribution in [0.1, 0.15) is 26.3 Å². The first kappa shape index (κ1) is 19.8. The predicted molar refractivity (Wildman–Crippen MR) is 108 cm³/mol. The Kier molecular flexibility index (Phi) is 6.24. The first-order valence-electron chi connectivity index (χ1n) is 8.18. The molecule has 0 unspecified atom stereocenters. The molecule has 6 heteroatoms. The van der Waals surface area contributed by atoms with E-state index >= 15 is 0 Å². The quantitative estimate of drug-likeness (QED) is 0.214. The highest BCUT2D eigenvalue weighted by Crippen LogP contribution is 2.22. The third-order valence-electron chi connectivity index (χ3n) is 3.82. The molecule has 0 fully saturated rings. The summed E-state index contributed by atoms with van der Waals surface area (Å²) < 4.78 is 18.8. The fraction of sp³-hybridized carbons (Fsp3) is 0. The number of carbonyl (C=O) groups is 2. The van der Waals surface area contributed by atoms with Crippen molar-refractivity contribution in [1.29, 1.82) is 0 Å². The minimum Gasteiger partial charge on any atom is -0.423 e. The maximum absolute atomic E-state index is 13.6. The molecule has 0 bridgehead atoms. The van der Waals surface area contributed by atoms with Crippen LogP contribution in [0.15, 0.2) is 72.8 Å². The molecule has 0 atom stereocenters. The van der Waals surface area contributed by atoms with Gasteiger partial charge < -0.3 is 4.74 Å². The lowest BCUT2D eigenvalue weighted by molar-refractivity contribution is 0.0730. The minimum absolute atomic E-state index is 0.162. The van der Waals surface area contributed by atoms with E-state index in [0.29, 0.717) is 21.2 Å². The number of carbonyl (C=O) groups excluding carboxylic acids is 2. The molecular weight excluding hydrogens is 402 g/mol. The largest absolute Gasteiger partial charge is 0.423 e. The van der Waals surface area contributed by atoms with Crippen LogP contribution in [-0.2, 0) is 0 Å². The van der Waals surface area contributed by atoms with Crippen molar-refractivity contribution >= 4 is 41.0 Å². The molecule has 140 valence electrons. The first-order valence-corrected chi connectivity index (χ1v) is 8.94. The molecule has 0 radical (unpaired) electrons. The van der Waals surface area contributed by atoms with E-state index in [4.69, 9.17) is 27.9 Å². The lowest BCUT2D eigenvalue weighted by Gasteiger charge is -2.05. The van der Waals surface area contributed by atoms with Crippen LogP contribution in [-0.4, -0.2) is 11.8 Å². The van der Waals surface area contributed by atoms with Crippen LogP contribution >= 0.6 is 23.2 Å². The van der Waals surface area contributed by atoms with Crippen LogP contribution in [0.4, 0.5) is 4.39 Å². The topological polar surface area (TPSA) is 43.4 Å². The normalized spacial score (nSPS) is 10.8. The van der Waals surface area contributed by atoms with Gasteiger partial charge in [0.15, 0.2) is 5.78 Å². The van der Waals surface area contributed by atoms with E-state index < -0.39 is 11.8 Å². The molecule has 3 rings (SSSR count). The smallest absolute Gasteiger partial charge is 0.346 e. The molecule has 3 nitrogen and oxygen atoms in total. The molecule has 3 aromatic carbocycles. The van der Waals surface area contributed by atoms with Gasteiger partial charge in [-0.05, 0) is 66.2 Å². The number of hydrogen-bond donors (Lipinski definition) is 0. The van der Waals surface area contributed by atoms with Crippen molar-refractivity contribution in [3.8, 4) is 5.75 Å². The van der Waals surface area contributed by atoms with E-state index in [-0.39, 0.29) is 17.1 Å². The first-order chi connectivity index (χ1) is 13.4. The highest BCUT2D eigenvalue weighted by atomic mass is 35.5. The van der Waals surface area contributed by atoms with E-state index in [9.17, 15) is 14.0 Å². The third-order valence-corrected chi connectivity index (χ3v) is 4.38. The second-order valence-electron chi connectivity index (χ2n) is 5.76. The van der Waals surface area contributed by atoms with Gasteiger partial charge in [0.25, 0.3) is 0 Å². The maximum atomic E-state index is 13.6. The van der Waals surface area contributed by atoms with Crippen molar-refractivity contribution in [1.82, 2.24) is 0 Å². The summed E-state index contributed by atoms with van der Waals surface area (Å²) in [6.45, 7) is 0. The second-order valence-corrected chi connectivity index (χ2v) is 6.60. The maximum Gasteiger partial charge on any atom is 0.346 e. The van der Waals surface area contributed by atoms with Gasteiger partial charge in [-0.15, -0.1) is 0 Å². The van der Waals surface area contributed by atoms with Gasteiger partial charge in [-0.2, -0.15) is 0 Å². The molecule has 0 N–H and O–H groups in total. The van der Waals surface area contributed by atoms with Gasteiger partial charge in [-0.3, -0.25) is 4.79 Å². The summed E-state index contributed by atoms with van der Waals surface area (Å²) in [6, 6.07) is 16.5. The van der Waals surface area contributed by atoms with Crippen molar-refractivity contribution < 1.29 is 18.7 Å². The fourth-order valence-corrected chi connectivity index (χ4v) is 2.85. The van der Waals surface area contributed by atoms with Gasteiger partial charge >= 0.3 is 5.97 Å². The monoisotopic (exact) mass is 414 g/mol. The summed E-state index contributed by atoms with van der Waals surface area (Å²) in [7, 11) is 0. The van der Waals surface area contributed by atoms with E-state index in [0.717, 1.165) is 0 Å². The van der Waals surface area contributed by atoms with Gasteiger partial charge in [0.1, 0.15) is 11.6 Å². The lowest BCUT2D eigenvalue weighted by atomic mass is 10.1. The van der Waals surface area contributed by atoms with Crippen LogP contribution in [0, 0.1) is 5.82 Å². The van der Waals surface area contributed by atoms with Gasteiger partial charge in [0.2, 0.25) is 0 Å². The van der Waals surface area contributed by atoms with Crippen molar-refractivity contribution in [2.75, 3.05) is 0 Å². The summed E-state index contributed by atoms with van der Waals surface area (Å²) in [5.74, 6) is -1.52. The number of allylic oxidation sites excluding steroid dienone is 1. The Morgan fingerprint density at radius 1 is 0.929 bits per heavy atom. The molecule has 0 aliphatic carbocycles.